The van der Waals surface area contributed by atoms with Crippen molar-refractivity contribution in [2.24, 2.45) is 0 Å². The van der Waals surface area contributed by atoms with Crippen molar-refractivity contribution >= 4 is 23.7 Å². The Morgan fingerprint density at radius 3 is 2.82 bits per heavy atom. The number of nitrogens with one attached hydrogen (secondary N) is 2. The normalized spacial score (nSPS) is 9.65. The van der Waals surface area contributed by atoms with Crippen LogP contribution in [0.2, 0.25) is 0 Å². The van der Waals surface area contributed by atoms with Crippen molar-refractivity contribution < 1.29 is 0 Å². The van der Waals surface area contributed by atoms with Crippen LogP contribution in [0, 0.1) is 5.41 Å². The molecule has 0 radical (unpaired) electrons. The number of nitrogens with zero attached hydrogens (tertiary/aromatic N) is 1. The predicted octanol–water partition coefficient (Wildman–Crippen LogP) is 3.47. The summed E-state index contributed by atoms with van der Waals surface area (Å²) in [4.78, 5) is 4.03. The van der Waals surface area contributed by atoms with E-state index >= 15 is 0 Å². The number of rotatable bonds is 4. The summed E-state index contributed by atoms with van der Waals surface area (Å²) in [5.41, 5.74) is 3.62. The zero-order valence-corrected chi connectivity index (χ0v) is 9.35. The highest BCUT2D eigenvalue weighted by atomic mass is 14.9. The van der Waals surface area contributed by atoms with Gasteiger partial charge in [0.25, 0.3) is 0 Å². The van der Waals surface area contributed by atoms with Gasteiger partial charge in [0, 0.05) is 23.7 Å². The Kier molecular flexibility index (Phi) is 3.31. The van der Waals surface area contributed by atoms with Gasteiger partial charge in [0.2, 0.25) is 0 Å². The molecule has 2 rings (SSSR count). The van der Waals surface area contributed by atoms with E-state index in [-0.39, 0.29) is 0 Å². The molecule has 1 aromatic heterocycles. The van der Waals surface area contributed by atoms with Crippen LogP contribution >= 0.6 is 0 Å². The van der Waals surface area contributed by atoms with Gasteiger partial charge in [-0.2, -0.15) is 0 Å². The summed E-state index contributed by atoms with van der Waals surface area (Å²) in [6.07, 6.45) is 6.56. The topological polar surface area (TPSA) is 48.8 Å². The summed E-state index contributed by atoms with van der Waals surface area (Å²) in [7, 11) is 0. The number of hydrogen-bond acceptors (Lipinski definition) is 3. The molecule has 1 heterocycles. The van der Waals surface area contributed by atoms with E-state index in [9.17, 15) is 0 Å². The Bertz CT molecular complexity index is 532. The van der Waals surface area contributed by atoms with Gasteiger partial charge in [-0.25, -0.2) is 0 Å². The first-order valence-electron chi connectivity index (χ1n) is 5.27. The lowest BCUT2D eigenvalue weighted by atomic mass is 10.1. The molecular formula is C14H13N3. The maximum atomic E-state index is 7.41. The van der Waals surface area contributed by atoms with Gasteiger partial charge in [-0.3, -0.25) is 4.98 Å². The Morgan fingerprint density at radius 1 is 1.29 bits per heavy atom. The van der Waals surface area contributed by atoms with E-state index in [0.29, 0.717) is 0 Å². The van der Waals surface area contributed by atoms with Crippen LogP contribution in [-0.4, -0.2) is 11.2 Å². The van der Waals surface area contributed by atoms with Crippen molar-refractivity contribution in [3.63, 3.8) is 0 Å². The monoisotopic (exact) mass is 223 g/mol. The molecule has 0 bridgehead atoms. The molecule has 0 spiro atoms. The predicted molar refractivity (Wildman–Crippen MR) is 71.9 cm³/mol. The Hall–Kier alpha value is -2.42. The van der Waals surface area contributed by atoms with Gasteiger partial charge >= 0.3 is 0 Å². The van der Waals surface area contributed by atoms with Gasteiger partial charge in [-0.15, -0.1) is 0 Å². The zero-order valence-electron chi connectivity index (χ0n) is 9.35. The van der Waals surface area contributed by atoms with Gasteiger partial charge in [-0.1, -0.05) is 18.7 Å². The minimum absolute atomic E-state index is 0.825. The van der Waals surface area contributed by atoms with Gasteiger partial charge in [0.15, 0.2) is 0 Å². The molecular weight excluding hydrogens is 210 g/mol. The van der Waals surface area contributed by atoms with E-state index in [4.69, 9.17) is 5.41 Å². The van der Waals surface area contributed by atoms with E-state index < -0.39 is 0 Å². The minimum atomic E-state index is 0.825. The highest BCUT2D eigenvalue weighted by molar-refractivity contribution is 5.88. The van der Waals surface area contributed by atoms with Crippen molar-refractivity contribution in [2.75, 3.05) is 5.32 Å². The van der Waals surface area contributed by atoms with Crippen LogP contribution in [0.25, 0.3) is 6.08 Å². The molecule has 3 nitrogen and oxygen atoms in total. The quantitative estimate of drug-likeness (QED) is 0.780. The lowest BCUT2D eigenvalue weighted by Gasteiger charge is -2.09. The van der Waals surface area contributed by atoms with Crippen LogP contribution in [0.1, 0.15) is 11.1 Å². The van der Waals surface area contributed by atoms with Crippen LogP contribution in [0.15, 0.2) is 49.3 Å². The minimum Gasteiger partial charge on any atom is -0.354 e. The Labute approximate surface area is 100 Å². The summed E-state index contributed by atoms with van der Waals surface area (Å²) in [6.45, 7) is 3.71. The van der Waals surface area contributed by atoms with Crippen molar-refractivity contribution in [2.45, 2.75) is 0 Å². The fourth-order valence-corrected chi connectivity index (χ4v) is 1.53. The molecule has 0 saturated carbocycles. The third-order valence-electron chi connectivity index (χ3n) is 2.41. The van der Waals surface area contributed by atoms with Gasteiger partial charge in [0.05, 0.1) is 11.9 Å². The molecule has 0 fully saturated rings. The fourth-order valence-electron chi connectivity index (χ4n) is 1.53. The summed E-state index contributed by atoms with van der Waals surface area (Å²) in [5, 5.41) is 10.6. The average molecular weight is 223 g/mol. The molecule has 0 saturated heterocycles. The van der Waals surface area contributed by atoms with Crippen LogP contribution < -0.4 is 5.32 Å². The highest BCUT2D eigenvalue weighted by Crippen LogP contribution is 2.20. The van der Waals surface area contributed by atoms with Gasteiger partial charge < -0.3 is 10.7 Å². The second-order valence-electron chi connectivity index (χ2n) is 3.56. The standard InChI is InChI=1S/C14H13N3/c1-2-11-5-6-14(12(8-11)9-15)17-13-4-3-7-16-10-13/h2-10,15,17H,1H2. The smallest absolute Gasteiger partial charge is 0.0570 e. The molecule has 2 aromatic rings. The Balaban J connectivity index is 2.33. The fraction of sp³-hybridized carbons (Fsp3) is 0. The van der Waals surface area contributed by atoms with E-state index in [1.165, 1.54) is 6.21 Å². The third kappa shape index (κ3) is 2.58. The number of anilines is 2. The molecule has 3 heteroatoms. The van der Waals surface area contributed by atoms with E-state index in [0.717, 1.165) is 22.5 Å². The molecule has 0 aliphatic rings. The Morgan fingerprint density at radius 2 is 2.18 bits per heavy atom. The largest absolute Gasteiger partial charge is 0.354 e. The SMILES string of the molecule is C=Cc1ccc(Nc2cccnc2)c(C=N)c1. The second-order valence-corrected chi connectivity index (χ2v) is 3.56. The lowest BCUT2D eigenvalue weighted by Crippen LogP contribution is -1.96. The maximum Gasteiger partial charge on any atom is 0.0570 e. The first kappa shape index (κ1) is 11.1. The van der Waals surface area contributed by atoms with Crippen LogP contribution in [0.3, 0.4) is 0 Å². The van der Waals surface area contributed by atoms with Crippen molar-refractivity contribution in [3.05, 3.63) is 60.4 Å². The van der Waals surface area contributed by atoms with Crippen molar-refractivity contribution in [1.29, 1.82) is 5.41 Å². The maximum absolute atomic E-state index is 7.41. The van der Waals surface area contributed by atoms with E-state index in [2.05, 4.69) is 16.9 Å². The number of hydrogen-bond donors (Lipinski definition) is 2. The molecule has 17 heavy (non-hydrogen) atoms. The van der Waals surface area contributed by atoms with Gasteiger partial charge in [0.1, 0.15) is 0 Å². The number of pyridine rings is 1. The molecule has 0 amide bonds. The second kappa shape index (κ2) is 5.07. The van der Waals surface area contributed by atoms with Crippen LogP contribution in [0.4, 0.5) is 11.4 Å². The molecule has 0 aliphatic carbocycles. The van der Waals surface area contributed by atoms with Gasteiger partial charge in [-0.05, 0) is 29.8 Å². The van der Waals surface area contributed by atoms with Crippen LogP contribution in [-0.2, 0) is 0 Å². The van der Waals surface area contributed by atoms with E-state index in [1.54, 1.807) is 18.5 Å². The summed E-state index contributed by atoms with van der Waals surface area (Å²) in [6, 6.07) is 9.61. The van der Waals surface area contributed by atoms with Crippen LogP contribution in [0.5, 0.6) is 0 Å². The zero-order chi connectivity index (χ0) is 12.1. The number of benzene rings is 1. The van der Waals surface area contributed by atoms with E-state index in [1.807, 2.05) is 30.3 Å². The average Bonchev–Trinajstić information content (AvgIpc) is 2.40. The molecule has 84 valence electrons. The summed E-state index contributed by atoms with van der Waals surface area (Å²) >= 11 is 0. The molecule has 0 aliphatic heterocycles. The number of aromatic nitrogens is 1. The summed E-state index contributed by atoms with van der Waals surface area (Å²) < 4.78 is 0. The molecule has 0 unspecified atom stereocenters. The van der Waals surface area contributed by atoms with Crippen molar-refractivity contribution in [3.8, 4) is 0 Å². The molecule has 0 atom stereocenters. The first-order chi connectivity index (χ1) is 8.33. The lowest BCUT2D eigenvalue weighted by molar-refractivity contribution is 1.32. The summed E-state index contributed by atoms with van der Waals surface area (Å²) in [5.74, 6) is 0. The van der Waals surface area contributed by atoms with Crippen molar-refractivity contribution in [1.82, 2.24) is 4.98 Å². The molecule has 2 N–H and O–H groups in total. The first-order valence-corrected chi connectivity index (χ1v) is 5.27. The third-order valence-corrected chi connectivity index (χ3v) is 2.41. The molecule has 1 aromatic carbocycles. The highest BCUT2D eigenvalue weighted by Gasteiger charge is 2.01.